The Labute approximate surface area is 87.1 Å². The van der Waals surface area contributed by atoms with Crippen molar-refractivity contribution in [3.05, 3.63) is 0 Å². The van der Waals surface area contributed by atoms with Crippen LogP contribution in [0, 0.1) is 5.41 Å². The van der Waals surface area contributed by atoms with Crippen LogP contribution >= 0.6 is 0 Å². The van der Waals surface area contributed by atoms with E-state index in [9.17, 15) is 4.79 Å². The Balaban J connectivity index is 0.000000791. The van der Waals surface area contributed by atoms with Crippen LogP contribution in [0.5, 0.6) is 0 Å². The van der Waals surface area contributed by atoms with E-state index in [4.69, 9.17) is 5.11 Å². The topological polar surface area (TPSA) is 40.5 Å². The molecule has 0 bridgehead atoms. The summed E-state index contributed by atoms with van der Waals surface area (Å²) in [5.74, 6) is -0.138. The number of hydrogen-bond donors (Lipinski definition) is 1. The van der Waals surface area contributed by atoms with E-state index in [0.29, 0.717) is 0 Å². The number of hydrogen-bond acceptors (Lipinski definition) is 2. The van der Waals surface area contributed by atoms with Gasteiger partial charge in [-0.1, -0.05) is 27.7 Å². The first-order valence-corrected chi connectivity index (χ1v) is 5.39. The fourth-order valence-corrected chi connectivity index (χ4v) is 1.56. The minimum Gasteiger partial charge on any atom is -0.384 e. The molecule has 1 saturated heterocycles. The fraction of sp³-hybridized carbons (Fsp3) is 0.909. The highest BCUT2D eigenvalue weighted by Gasteiger charge is 2.33. The van der Waals surface area contributed by atoms with Crippen LogP contribution in [0.15, 0.2) is 0 Å². The average Bonchev–Trinajstić information content (AvgIpc) is 2.48. The van der Waals surface area contributed by atoms with Crippen molar-refractivity contribution < 1.29 is 9.90 Å². The SMILES string of the molecule is CC.C[C@H](O)C(=O)N1CCC(C)(C)C1. The third kappa shape index (κ3) is 3.66. The molecule has 84 valence electrons. The first kappa shape index (κ1) is 13.4. The van der Waals surface area contributed by atoms with Gasteiger partial charge in [0.2, 0.25) is 0 Å². The zero-order chi connectivity index (χ0) is 11.4. The molecule has 0 radical (unpaired) electrons. The van der Waals surface area contributed by atoms with Gasteiger partial charge in [0, 0.05) is 13.1 Å². The maximum absolute atomic E-state index is 11.3. The number of aliphatic hydroxyl groups is 1. The summed E-state index contributed by atoms with van der Waals surface area (Å²) in [4.78, 5) is 13.0. The number of carbonyl (C=O) groups is 1. The average molecular weight is 201 g/mol. The molecule has 1 aliphatic rings. The van der Waals surface area contributed by atoms with Gasteiger partial charge in [-0.05, 0) is 18.8 Å². The van der Waals surface area contributed by atoms with Crippen LogP contribution in [-0.4, -0.2) is 35.1 Å². The Hall–Kier alpha value is -0.570. The smallest absolute Gasteiger partial charge is 0.251 e. The van der Waals surface area contributed by atoms with E-state index < -0.39 is 6.10 Å². The van der Waals surface area contributed by atoms with Crippen LogP contribution in [0.3, 0.4) is 0 Å². The predicted octanol–water partition coefficient (Wildman–Crippen LogP) is 1.65. The van der Waals surface area contributed by atoms with E-state index in [0.717, 1.165) is 19.5 Å². The zero-order valence-corrected chi connectivity index (χ0v) is 10.0. The van der Waals surface area contributed by atoms with Crippen molar-refractivity contribution in [2.24, 2.45) is 5.41 Å². The largest absolute Gasteiger partial charge is 0.384 e. The molecule has 0 unspecified atom stereocenters. The molecule has 14 heavy (non-hydrogen) atoms. The molecule has 1 fully saturated rings. The zero-order valence-electron chi connectivity index (χ0n) is 10.0. The van der Waals surface area contributed by atoms with Crippen LogP contribution in [0.1, 0.15) is 41.0 Å². The summed E-state index contributed by atoms with van der Waals surface area (Å²) in [7, 11) is 0. The summed E-state index contributed by atoms with van der Waals surface area (Å²) >= 11 is 0. The van der Waals surface area contributed by atoms with E-state index in [2.05, 4.69) is 13.8 Å². The van der Waals surface area contributed by atoms with Crippen molar-refractivity contribution in [2.75, 3.05) is 13.1 Å². The van der Waals surface area contributed by atoms with Crippen molar-refractivity contribution in [3.63, 3.8) is 0 Å². The molecule has 0 aromatic heterocycles. The Morgan fingerprint density at radius 2 is 1.93 bits per heavy atom. The monoisotopic (exact) mass is 201 g/mol. The number of rotatable bonds is 1. The van der Waals surface area contributed by atoms with Gasteiger partial charge in [-0.25, -0.2) is 0 Å². The molecule has 0 aromatic carbocycles. The van der Waals surface area contributed by atoms with Gasteiger partial charge >= 0.3 is 0 Å². The number of carbonyl (C=O) groups excluding carboxylic acids is 1. The highest BCUT2D eigenvalue weighted by molar-refractivity contribution is 5.80. The minimum absolute atomic E-state index is 0.138. The number of likely N-dealkylation sites (tertiary alicyclic amines) is 1. The highest BCUT2D eigenvalue weighted by Crippen LogP contribution is 2.28. The molecule has 1 N–H and O–H groups in total. The van der Waals surface area contributed by atoms with Gasteiger partial charge in [0.1, 0.15) is 6.10 Å². The predicted molar refractivity (Wildman–Crippen MR) is 58.0 cm³/mol. The molecule has 1 amide bonds. The molecule has 1 aliphatic heterocycles. The van der Waals surface area contributed by atoms with Crippen LogP contribution in [0.25, 0.3) is 0 Å². The number of nitrogens with zero attached hydrogens (tertiary/aromatic N) is 1. The van der Waals surface area contributed by atoms with Crippen LogP contribution in [0.2, 0.25) is 0 Å². The lowest BCUT2D eigenvalue weighted by Gasteiger charge is -2.20. The van der Waals surface area contributed by atoms with E-state index in [1.54, 1.807) is 4.90 Å². The summed E-state index contributed by atoms with van der Waals surface area (Å²) < 4.78 is 0. The van der Waals surface area contributed by atoms with Crippen molar-refractivity contribution in [2.45, 2.75) is 47.1 Å². The first-order chi connectivity index (χ1) is 6.42. The van der Waals surface area contributed by atoms with E-state index in [1.165, 1.54) is 6.92 Å². The van der Waals surface area contributed by atoms with Gasteiger partial charge in [-0.2, -0.15) is 0 Å². The summed E-state index contributed by atoms with van der Waals surface area (Å²) in [5, 5.41) is 9.06. The molecule has 3 nitrogen and oxygen atoms in total. The molecule has 1 heterocycles. The second-order valence-electron chi connectivity index (χ2n) is 4.35. The first-order valence-electron chi connectivity index (χ1n) is 5.39. The molecule has 0 spiro atoms. The van der Waals surface area contributed by atoms with Crippen molar-refractivity contribution in [1.82, 2.24) is 4.90 Å². The van der Waals surface area contributed by atoms with Crippen molar-refractivity contribution in [3.8, 4) is 0 Å². The Morgan fingerprint density at radius 1 is 1.43 bits per heavy atom. The fourth-order valence-electron chi connectivity index (χ4n) is 1.56. The summed E-state index contributed by atoms with van der Waals surface area (Å²) in [6.45, 7) is 11.4. The van der Waals surface area contributed by atoms with Gasteiger partial charge in [0.15, 0.2) is 0 Å². The van der Waals surface area contributed by atoms with E-state index in [-0.39, 0.29) is 11.3 Å². The second kappa shape index (κ2) is 5.35. The summed E-state index contributed by atoms with van der Waals surface area (Å²) in [6, 6.07) is 0. The maximum atomic E-state index is 11.3. The van der Waals surface area contributed by atoms with Gasteiger partial charge in [-0.3, -0.25) is 4.79 Å². The third-order valence-electron chi connectivity index (χ3n) is 2.35. The molecular formula is C11H23NO2. The molecule has 0 aliphatic carbocycles. The van der Waals surface area contributed by atoms with E-state index >= 15 is 0 Å². The van der Waals surface area contributed by atoms with Crippen LogP contribution < -0.4 is 0 Å². The van der Waals surface area contributed by atoms with E-state index in [1.807, 2.05) is 13.8 Å². The third-order valence-corrected chi connectivity index (χ3v) is 2.35. The van der Waals surface area contributed by atoms with Gasteiger partial charge < -0.3 is 10.0 Å². The Kier molecular flexibility index (Phi) is 5.13. The Bertz CT molecular complexity index is 188. The maximum Gasteiger partial charge on any atom is 0.251 e. The lowest BCUT2D eigenvalue weighted by molar-refractivity contribution is -0.138. The Morgan fingerprint density at radius 3 is 2.21 bits per heavy atom. The number of amides is 1. The van der Waals surface area contributed by atoms with Crippen LogP contribution in [-0.2, 0) is 4.79 Å². The molecule has 0 aromatic rings. The second-order valence-corrected chi connectivity index (χ2v) is 4.35. The van der Waals surface area contributed by atoms with Gasteiger partial charge in [-0.15, -0.1) is 0 Å². The summed E-state index contributed by atoms with van der Waals surface area (Å²) in [6.07, 6.45) is 0.185. The normalized spacial score (nSPS) is 21.1. The molecular weight excluding hydrogens is 178 g/mol. The van der Waals surface area contributed by atoms with Crippen molar-refractivity contribution >= 4 is 5.91 Å². The van der Waals surface area contributed by atoms with Gasteiger partial charge in [0.05, 0.1) is 0 Å². The van der Waals surface area contributed by atoms with Crippen molar-refractivity contribution in [1.29, 1.82) is 0 Å². The standard InChI is InChI=1S/C9H17NO2.C2H6/c1-7(11)8(12)10-5-4-9(2,3)6-10;1-2/h7,11H,4-6H2,1-3H3;1-2H3/t7-;/m0./s1. The molecule has 1 atom stereocenters. The molecule has 0 saturated carbocycles. The minimum atomic E-state index is -0.848. The number of aliphatic hydroxyl groups excluding tert-OH is 1. The lowest BCUT2D eigenvalue weighted by atomic mass is 9.93. The van der Waals surface area contributed by atoms with Gasteiger partial charge in [0.25, 0.3) is 5.91 Å². The molecule has 1 rings (SSSR count). The summed E-state index contributed by atoms with van der Waals surface area (Å²) in [5.41, 5.74) is 0.227. The highest BCUT2D eigenvalue weighted by atomic mass is 16.3. The molecule has 3 heteroatoms. The van der Waals surface area contributed by atoms with Crippen LogP contribution in [0.4, 0.5) is 0 Å². The quantitative estimate of drug-likeness (QED) is 0.701. The lowest BCUT2D eigenvalue weighted by Crippen LogP contribution is -2.36.